The van der Waals surface area contributed by atoms with Gasteiger partial charge < -0.3 is 0 Å². The lowest BCUT2D eigenvalue weighted by molar-refractivity contribution is -0.350. The van der Waals surface area contributed by atoms with Crippen LogP contribution in [0.3, 0.4) is 0 Å². The van der Waals surface area contributed by atoms with E-state index in [1.165, 1.54) is 0 Å². The number of pyridine rings is 1. The summed E-state index contributed by atoms with van der Waals surface area (Å²) in [5, 5.41) is 0. The van der Waals surface area contributed by atoms with E-state index < -0.39 is 46.9 Å². The van der Waals surface area contributed by atoms with Gasteiger partial charge in [0.15, 0.2) is 11.6 Å². The number of alkyl halides is 7. The van der Waals surface area contributed by atoms with Crippen LogP contribution in [0, 0.1) is 17.6 Å². The Labute approximate surface area is 116 Å². The van der Waals surface area contributed by atoms with E-state index in [-0.39, 0.29) is 0 Å². The third-order valence-corrected chi connectivity index (χ3v) is 2.51. The normalized spacial score (nSPS) is 14.0. The summed E-state index contributed by atoms with van der Waals surface area (Å²) in [6, 6.07) is 0. The van der Waals surface area contributed by atoms with Crippen LogP contribution in [-0.2, 0) is 5.67 Å². The van der Waals surface area contributed by atoms with Crippen LogP contribution >= 0.6 is 0 Å². The molecule has 0 N–H and O–H groups in total. The molecule has 0 fully saturated rings. The van der Waals surface area contributed by atoms with Gasteiger partial charge in [0.05, 0.1) is 5.56 Å². The summed E-state index contributed by atoms with van der Waals surface area (Å²) in [6.07, 6.45) is -12.2. The average molecular weight is 341 g/mol. The predicted molar refractivity (Wildman–Crippen MR) is 53.7 cm³/mol. The van der Waals surface area contributed by atoms with Crippen molar-refractivity contribution >= 4 is 6.08 Å². The van der Waals surface area contributed by atoms with E-state index in [2.05, 4.69) is 4.98 Å². The van der Waals surface area contributed by atoms with Crippen molar-refractivity contribution in [2.45, 2.75) is 24.9 Å². The van der Waals surface area contributed by atoms with E-state index >= 15 is 0 Å². The number of halogens is 10. The summed E-state index contributed by atoms with van der Waals surface area (Å²) in [5.41, 5.74) is -11.0. The topological polar surface area (TPSA) is 12.9 Å². The smallest absolute Gasteiger partial charge is 0.218 e. The zero-order chi connectivity index (χ0) is 17.5. The lowest BCUT2D eigenvalue weighted by Crippen LogP contribution is -2.51. The monoisotopic (exact) mass is 341 g/mol. The molecule has 1 aromatic rings. The largest absolute Gasteiger partial charge is 0.436 e. The Bertz CT molecular complexity index is 584. The number of hydrogen-bond donors (Lipinski definition) is 0. The fraction of sp³-hybridized carbons (Fsp3) is 0.364. The molecule has 0 unspecified atom stereocenters. The van der Waals surface area contributed by atoms with Crippen molar-refractivity contribution in [3.05, 3.63) is 34.9 Å². The fourth-order valence-corrected chi connectivity index (χ4v) is 1.55. The van der Waals surface area contributed by atoms with Crippen LogP contribution in [0.25, 0.3) is 6.08 Å². The van der Waals surface area contributed by atoms with Crippen molar-refractivity contribution in [3.8, 4) is 0 Å². The molecule has 0 saturated heterocycles. The van der Waals surface area contributed by atoms with Crippen LogP contribution in [0.15, 0.2) is 6.08 Å². The van der Waals surface area contributed by atoms with Gasteiger partial charge in [-0.05, 0) is 13.0 Å². The molecule has 22 heavy (non-hydrogen) atoms. The van der Waals surface area contributed by atoms with Crippen molar-refractivity contribution in [1.29, 1.82) is 0 Å². The highest BCUT2D eigenvalue weighted by Gasteiger charge is 2.75. The van der Waals surface area contributed by atoms with Crippen molar-refractivity contribution in [3.63, 3.8) is 0 Å². The highest BCUT2D eigenvalue weighted by molar-refractivity contribution is 5.48. The highest BCUT2D eigenvalue weighted by Crippen LogP contribution is 2.54. The Morgan fingerprint density at radius 3 is 1.64 bits per heavy atom. The zero-order valence-corrected chi connectivity index (χ0v) is 10.4. The molecule has 1 nitrogen and oxygen atoms in total. The molecule has 0 spiro atoms. The van der Waals surface area contributed by atoms with Crippen molar-refractivity contribution in [2.75, 3.05) is 0 Å². The van der Waals surface area contributed by atoms with E-state index in [1.807, 2.05) is 0 Å². The summed E-state index contributed by atoms with van der Waals surface area (Å²) in [7, 11) is 0. The van der Waals surface area contributed by atoms with Gasteiger partial charge in [0, 0.05) is 0 Å². The SMILES string of the molecule is CC=Cc1nc(F)c(F)c(C(F)(C(F)(F)F)C(F)(F)F)c1F. The minimum Gasteiger partial charge on any atom is -0.218 e. The van der Waals surface area contributed by atoms with Gasteiger partial charge >= 0.3 is 18.0 Å². The van der Waals surface area contributed by atoms with Crippen molar-refractivity contribution in [1.82, 2.24) is 4.98 Å². The Kier molecular flexibility index (Phi) is 4.50. The molecule has 124 valence electrons. The van der Waals surface area contributed by atoms with Gasteiger partial charge in [-0.2, -0.15) is 30.7 Å². The lowest BCUT2D eigenvalue weighted by Gasteiger charge is -2.30. The molecule has 11 heteroatoms. The van der Waals surface area contributed by atoms with Gasteiger partial charge in [-0.1, -0.05) is 6.08 Å². The van der Waals surface area contributed by atoms with Crippen molar-refractivity contribution in [2.24, 2.45) is 0 Å². The predicted octanol–water partition coefficient (Wildman–Crippen LogP) is 4.82. The molecule has 0 saturated carbocycles. The standard InChI is InChI=1S/C11H5F10N/c1-2-3-4-6(12)5(7(13)8(14)22-4)9(15,10(16,17)18)11(19,20)21/h2-3H,1H3. The minimum absolute atomic E-state index is 0.453. The first-order valence-electron chi connectivity index (χ1n) is 5.29. The van der Waals surface area contributed by atoms with E-state index in [9.17, 15) is 43.9 Å². The molecule has 0 aliphatic heterocycles. The molecular weight excluding hydrogens is 336 g/mol. The van der Waals surface area contributed by atoms with Gasteiger partial charge in [0.1, 0.15) is 5.69 Å². The zero-order valence-electron chi connectivity index (χ0n) is 10.4. The maximum Gasteiger partial charge on any atom is 0.436 e. The fourth-order valence-electron chi connectivity index (χ4n) is 1.55. The molecule has 1 rings (SSSR count). The van der Waals surface area contributed by atoms with Crippen LogP contribution in [-0.4, -0.2) is 17.3 Å². The van der Waals surface area contributed by atoms with Crippen LogP contribution in [0.2, 0.25) is 0 Å². The summed E-state index contributed by atoms with van der Waals surface area (Å²) >= 11 is 0. The van der Waals surface area contributed by atoms with Gasteiger partial charge in [-0.25, -0.2) is 18.2 Å². The third-order valence-electron chi connectivity index (χ3n) is 2.51. The lowest BCUT2D eigenvalue weighted by atomic mass is 9.93. The van der Waals surface area contributed by atoms with E-state index in [0.717, 1.165) is 13.0 Å². The number of rotatable bonds is 2. The molecule has 0 atom stereocenters. The number of aromatic nitrogens is 1. The van der Waals surface area contributed by atoms with E-state index in [4.69, 9.17) is 0 Å². The second-order valence-electron chi connectivity index (χ2n) is 3.94. The number of allylic oxidation sites excluding steroid dienone is 1. The summed E-state index contributed by atoms with van der Waals surface area (Å²) in [5.74, 6) is -8.11. The van der Waals surface area contributed by atoms with Crippen LogP contribution < -0.4 is 0 Å². The quantitative estimate of drug-likeness (QED) is 0.555. The van der Waals surface area contributed by atoms with Gasteiger partial charge in [-0.15, -0.1) is 0 Å². The number of hydrogen-bond acceptors (Lipinski definition) is 1. The highest BCUT2D eigenvalue weighted by atomic mass is 19.4. The van der Waals surface area contributed by atoms with Crippen LogP contribution in [0.4, 0.5) is 43.9 Å². The third kappa shape index (κ3) is 2.63. The van der Waals surface area contributed by atoms with E-state index in [1.54, 1.807) is 0 Å². The van der Waals surface area contributed by atoms with Crippen LogP contribution in [0.5, 0.6) is 0 Å². The molecule has 1 aromatic heterocycles. The molecule has 0 radical (unpaired) electrons. The summed E-state index contributed by atoms with van der Waals surface area (Å²) in [4.78, 5) is 2.50. The maximum absolute atomic E-state index is 13.7. The first-order valence-corrected chi connectivity index (χ1v) is 5.29. The Morgan fingerprint density at radius 2 is 1.27 bits per heavy atom. The minimum atomic E-state index is -6.78. The Balaban J connectivity index is 3.93. The Morgan fingerprint density at radius 1 is 0.818 bits per heavy atom. The van der Waals surface area contributed by atoms with Crippen molar-refractivity contribution < 1.29 is 43.9 Å². The molecule has 0 aliphatic rings. The second kappa shape index (κ2) is 5.43. The van der Waals surface area contributed by atoms with Gasteiger partial charge in [0.2, 0.25) is 5.95 Å². The Hall–Kier alpha value is -1.81. The molecule has 0 aromatic carbocycles. The average Bonchev–Trinajstić information content (AvgIpc) is 2.33. The summed E-state index contributed by atoms with van der Waals surface area (Å²) in [6.45, 7) is 1.14. The van der Waals surface area contributed by atoms with E-state index in [0.29, 0.717) is 6.08 Å². The molecule has 0 aliphatic carbocycles. The molecule has 0 amide bonds. The molecule has 1 heterocycles. The molecule has 0 bridgehead atoms. The second-order valence-corrected chi connectivity index (χ2v) is 3.94. The first kappa shape index (κ1) is 18.2. The number of nitrogens with zero attached hydrogens (tertiary/aromatic N) is 1. The first-order chi connectivity index (χ1) is 9.79. The van der Waals surface area contributed by atoms with Crippen LogP contribution in [0.1, 0.15) is 18.2 Å². The van der Waals surface area contributed by atoms with Gasteiger partial charge in [0.25, 0.3) is 0 Å². The molecular formula is C11H5F10N. The maximum atomic E-state index is 13.7. The summed E-state index contributed by atoms with van der Waals surface area (Å²) < 4.78 is 129. The van der Waals surface area contributed by atoms with Gasteiger partial charge in [-0.3, -0.25) is 0 Å².